The van der Waals surface area contributed by atoms with Gasteiger partial charge in [0.2, 0.25) is 5.91 Å². The third-order valence-electron chi connectivity index (χ3n) is 4.03. The van der Waals surface area contributed by atoms with Gasteiger partial charge >= 0.3 is 0 Å². The molecule has 118 valence electrons. The SMILES string of the molecule is Cl.N[C@@H]1CCC[C@H]1CC(=O)Nc1scnc1-c1ccccc1. The number of amides is 1. The van der Waals surface area contributed by atoms with E-state index in [0.29, 0.717) is 12.3 Å². The normalized spacial score (nSPS) is 20.4. The molecule has 1 aromatic carbocycles. The maximum atomic E-state index is 12.2. The summed E-state index contributed by atoms with van der Waals surface area (Å²) in [7, 11) is 0. The smallest absolute Gasteiger partial charge is 0.225 e. The van der Waals surface area contributed by atoms with E-state index in [0.717, 1.165) is 35.5 Å². The number of hydrogen-bond acceptors (Lipinski definition) is 4. The second-order valence-electron chi connectivity index (χ2n) is 5.50. The maximum Gasteiger partial charge on any atom is 0.225 e. The summed E-state index contributed by atoms with van der Waals surface area (Å²) < 4.78 is 0. The van der Waals surface area contributed by atoms with Gasteiger partial charge < -0.3 is 11.1 Å². The zero-order chi connectivity index (χ0) is 14.7. The Morgan fingerprint density at radius 1 is 1.32 bits per heavy atom. The number of thiazole rings is 1. The third kappa shape index (κ3) is 3.85. The van der Waals surface area contributed by atoms with E-state index in [1.54, 1.807) is 5.51 Å². The molecule has 0 aliphatic heterocycles. The van der Waals surface area contributed by atoms with Gasteiger partial charge in [-0.3, -0.25) is 4.79 Å². The molecule has 0 radical (unpaired) electrons. The molecule has 22 heavy (non-hydrogen) atoms. The first kappa shape index (κ1) is 16.9. The summed E-state index contributed by atoms with van der Waals surface area (Å²) >= 11 is 1.46. The lowest BCUT2D eigenvalue weighted by Crippen LogP contribution is -2.28. The summed E-state index contributed by atoms with van der Waals surface area (Å²) in [6.07, 6.45) is 3.73. The zero-order valence-corrected chi connectivity index (χ0v) is 13.8. The Morgan fingerprint density at radius 2 is 2.09 bits per heavy atom. The minimum atomic E-state index is 0. The highest BCUT2D eigenvalue weighted by molar-refractivity contribution is 7.14. The van der Waals surface area contributed by atoms with Crippen LogP contribution in [0, 0.1) is 5.92 Å². The van der Waals surface area contributed by atoms with E-state index in [4.69, 9.17) is 5.73 Å². The standard InChI is InChI=1S/C16H19N3OS.ClH/c17-13-8-4-7-12(13)9-14(20)19-16-15(18-10-21-16)11-5-2-1-3-6-11;/h1-3,5-6,10,12-13H,4,7-9,17H2,(H,19,20);1H/t12-,13+;/m0./s1. The van der Waals surface area contributed by atoms with Crippen LogP contribution in [0.3, 0.4) is 0 Å². The summed E-state index contributed by atoms with van der Waals surface area (Å²) in [5, 5.41) is 3.82. The van der Waals surface area contributed by atoms with Crippen LogP contribution in [0.15, 0.2) is 35.8 Å². The second kappa shape index (κ2) is 7.72. The molecule has 1 aromatic heterocycles. The summed E-state index contributed by atoms with van der Waals surface area (Å²) in [5.41, 5.74) is 9.65. The third-order valence-corrected chi connectivity index (χ3v) is 4.78. The van der Waals surface area contributed by atoms with E-state index in [2.05, 4.69) is 10.3 Å². The topological polar surface area (TPSA) is 68.0 Å². The van der Waals surface area contributed by atoms with Gasteiger partial charge in [0.05, 0.1) is 5.51 Å². The summed E-state index contributed by atoms with van der Waals surface area (Å²) in [5.74, 6) is 0.358. The number of hydrogen-bond donors (Lipinski definition) is 2. The van der Waals surface area contributed by atoms with E-state index in [1.807, 2.05) is 30.3 Å². The van der Waals surface area contributed by atoms with Crippen LogP contribution < -0.4 is 11.1 Å². The van der Waals surface area contributed by atoms with Gasteiger partial charge in [-0.1, -0.05) is 36.8 Å². The van der Waals surface area contributed by atoms with E-state index < -0.39 is 0 Å². The molecule has 1 aliphatic carbocycles. The minimum Gasteiger partial charge on any atom is -0.327 e. The molecule has 0 unspecified atom stereocenters. The van der Waals surface area contributed by atoms with Gasteiger partial charge in [0.1, 0.15) is 10.7 Å². The van der Waals surface area contributed by atoms with Crippen LogP contribution in [0.5, 0.6) is 0 Å². The molecule has 3 rings (SSSR count). The van der Waals surface area contributed by atoms with Gasteiger partial charge in [0.15, 0.2) is 0 Å². The Morgan fingerprint density at radius 3 is 2.77 bits per heavy atom. The molecule has 1 heterocycles. The molecule has 3 N–H and O–H groups in total. The molecule has 2 aromatic rings. The van der Waals surface area contributed by atoms with Crippen molar-refractivity contribution in [3.8, 4) is 11.3 Å². The molecular weight excluding hydrogens is 318 g/mol. The Kier molecular flexibility index (Phi) is 5.94. The summed E-state index contributed by atoms with van der Waals surface area (Å²) in [4.78, 5) is 16.6. The molecule has 2 atom stereocenters. The fraction of sp³-hybridized carbons (Fsp3) is 0.375. The number of anilines is 1. The molecule has 1 saturated carbocycles. The number of benzene rings is 1. The molecular formula is C16H20ClN3OS. The lowest BCUT2D eigenvalue weighted by molar-refractivity contribution is -0.117. The van der Waals surface area contributed by atoms with Gasteiger partial charge in [-0.2, -0.15) is 0 Å². The van der Waals surface area contributed by atoms with Crippen molar-refractivity contribution in [1.82, 2.24) is 4.98 Å². The molecule has 0 bridgehead atoms. The second-order valence-corrected chi connectivity index (χ2v) is 6.36. The van der Waals surface area contributed by atoms with Crippen molar-refractivity contribution in [3.63, 3.8) is 0 Å². The van der Waals surface area contributed by atoms with Crippen molar-refractivity contribution in [3.05, 3.63) is 35.8 Å². The Balaban J connectivity index is 0.00000176. The van der Waals surface area contributed by atoms with Crippen molar-refractivity contribution < 1.29 is 4.79 Å². The first-order valence-electron chi connectivity index (χ1n) is 7.28. The minimum absolute atomic E-state index is 0. The molecule has 1 aliphatic rings. The Bertz CT molecular complexity index is 617. The molecule has 1 amide bonds. The fourth-order valence-electron chi connectivity index (χ4n) is 2.87. The summed E-state index contributed by atoms with van der Waals surface area (Å²) in [6, 6.07) is 10.1. The van der Waals surface area contributed by atoms with Crippen LogP contribution in [-0.4, -0.2) is 16.9 Å². The number of carbonyl (C=O) groups is 1. The highest BCUT2D eigenvalue weighted by Gasteiger charge is 2.26. The summed E-state index contributed by atoms with van der Waals surface area (Å²) in [6.45, 7) is 0. The number of nitrogens with two attached hydrogens (primary N) is 1. The van der Waals surface area contributed by atoms with E-state index in [1.165, 1.54) is 11.3 Å². The zero-order valence-electron chi connectivity index (χ0n) is 12.2. The largest absolute Gasteiger partial charge is 0.327 e. The molecule has 1 fully saturated rings. The Labute approximate surface area is 140 Å². The predicted molar refractivity (Wildman–Crippen MR) is 93.4 cm³/mol. The average Bonchev–Trinajstić information content (AvgIpc) is 3.10. The van der Waals surface area contributed by atoms with Crippen LogP contribution in [-0.2, 0) is 4.79 Å². The highest BCUT2D eigenvalue weighted by atomic mass is 35.5. The lowest BCUT2D eigenvalue weighted by Gasteiger charge is -2.14. The maximum absolute atomic E-state index is 12.2. The van der Waals surface area contributed by atoms with Crippen molar-refractivity contribution in [2.24, 2.45) is 11.7 Å². The van der Waals surface area contributed by atoms with Gasteiger partial charge in [-0.05, 0) is 18.8 Å². The number of aromatic nitrogens is 1. The number of rotatable bonds is 4. The van der Waals surface area contributed by atoms with E-state index >= 15 is 0 Å². The van der Waals surface area contributed by atoms with Crippen LogP contribution in [0.4, 0.5) is 5.00 Å². The van der Waals surface area contributed by atoms with E-state index in [9.17, 15) is 4.79 Å². The van der Waals surface area contributed by atoms with Crippen molar-refractivity contribution >= 4 is 34.7 Å². The van der Waals surface area contributed by atoms with Crippen molar-refractivity contribution in [2.45, 2.75) is 31.7 Å². The first-order valence-corrected chi connectivity index (χ1v) is 8.16. The van der Waals surface area contributed by atoms with Crippen LogP contribution in [0.2, 0.25) is 0 Å². The first-order chi connectivity index (χ1) is 10.2. The van der Waals surface area contributed by atoms with Gasteiger partial charge in [0.25, 0.3) is 0 Å². The van der Waals surface area contributed by atoms with Crippen molar-refractivity contribution in [2.75, 3.05) is 5.32 Å². The monoisotopic (exact) mass is 337 g/mol. The van der Waals surface area contributed by atoms with Gasteiger partial charge in [0, 0.05) is 18.0 Å². The van der Waals surface area contributed by atoms with Gasteiger partial charge in [-0.25, -0.2) is 4.98 Å². The number of carbonyl (C=O) groups excluding carboxylic acids is 1. The predicted octanol–water partition coefficient (Wildman–Crippen LogP) is 3.69. The van der Waals surface area contributed by atoms with Crippen LogP contribution >= 0.6 is 23.7 Å². The van der Waals surface area contributed by atoms with Crippen LogP contribution in [0.1, 0.15) is 25.7 Å². The fourth-order valence-corrected chi connectivity index (χ4v) is 3.59. The average molecular weight is 338 g/mol. The molecule has 4 nitrogen and oxygen atoms in total. The van der Waals surface area contributed by atoms with Crippen LogP contribution in [0.25, 0.3) is 11.3 Å². The van der Waals surface area contributed by atoms with Crippen molar-refractivity contribution in [1.29, 1.82) is 0 Å². The quantitative estimate of drug-likeness (QED) is 0.894. The number of nitrogens with zero attached hydrogens (tertiary/aromatic N) is 1. The Hall–Kier alpha value is -1.43. The molecule has 0 saturated heterocycles. The highest BCUT2D eigenvalue weighted by Crippen LogP contribution is 2.31. The number of nitrogens with one attached hydrogen (secondary N) is 1. The lowest BCUT2D eigenvalue weighted by atomic mass is 10.00. The van der Waals surface area contributed by atoms with E-state index in [-0.39, 0.29) is 24.4 Å². The van der Waals surface area contributed by atoms with Gasteiger partial charge in [-0.15, -0.1) is 23.7 Å². The molecule has 6 heteroatoms. The number of halogens is 1. The molecule has 0 spiro atoms.